The van der Waals surface area contributed by atoms with Crippen molar-refractivity contribution in [2.24, 2.45) is 0 Å². The van der Waals surface area contributed by atoms with Gasteiger partial charge in [-0.1, -0.05) is 23.2 Å². The highest BCUT2D eigenvalue weighted by Crippen LogP contribution is 2.29. The molecule has 0 aromatic heterocycles. The Morgan fingerprint density at radius 2 is 2.20 bits per heavy atom. The Morgan fingerprint density at radius 1 is 1.45 bits per heavy atom. The predicted molar refractivity (Wildman–Crippen MR) is 81.4 cm³/mol. The summed E-state index contributed by atoms with van der Waals surface area (Å²) in [4.78, 5) is 14.0. The molecule has 20 heavy (non-hydrogen) atoms. The molecule has 0 bridgehead atoms. The van der Waals surface area contributed by atoms with E-state index in [1.807, 2.05) is 0 Å². The summed E-state index contributed by atoms with van der Waals surface area (Å²) >= 11 is 12.0. The molecule has 2 rings (SSSR count). The lowest BCUT2D eigenvalue weighted by Crippen LogP contribution is -2.37. The van der Waals surface area contributed by atoms with E-state index >= 15 is 0 Å². The Labute approximate surface area is 128 Å². The molecule has 0 spiro atoms. The Bertz CT molecular complexity index is 502. The number of carbonyl (C=O) groups is 1. The molecule has 1 aromatic rings. The van der Waals surface area contributed by atoms with Crippen molar-refractivity contribution in [3.05, 3.63) is 27.7 Å². The van der Waals surface area contributed by atoms with Crippen LogP contribution in [-0.2, 0) is 4.74 Å². The molecule has 4 nitrogen and oxygen atoms in total. The second-order valence-corrected chi connectivity index (χ2v) is 5.82. The van der Waals surface area contributed by atoms with Gasteiger partial charge in [-0.15, -0.1) is 0 Å². The van der Waals surface area contributed by atoms with Gasteiger partial charge in [0.05, 0.1) is 21.7 Å². The first-order valence-corrected chi connectivity index (χ1v) is 7.36. The second kappa shape index (κ2) is 6.66. The molecule has 1 atom stereocenters. The SMILES string of the molecule is CN(CC1CCCCO1)C(=O)c1cc(N)cc(Cl)c1Cl. The van der Waals surface area contributed by atoms with Gasteiger partial charge in [0, 0.05) is 25.9 Å². The van der Waals surface area contributed by atoms with Gasteiger partial charge in [0.1, 0.15) is 0 Å². The molecule has 1 fully saturated rings. The van der Waals surface area contributed by atoms with E-state index in [4.69, 9.17) is 33.7 Å². The molecule has 1 unspecified atom stereocenters. The number of amides is 1. The Kier molecular flexibility index (Phi) is 5.13. The van der Waals surface area contributed by atoms with Gasteiger partial charge in [-0.25, -0.2) is 0 Å². The van der Waals surface area contributed by atoms with Crippen LogP contribution in [0.4, 0.5) is 5.69 Å². The van der Waals surface area contributed by atoms with Crippen LogP contribution in [-0.4, -0.2) is 37.1 Å². The standard InChI is InChI=1S/C14H18Cl2N2O2/c1-18(8-10-4-2-3-5-20-10)14(19)11-6-9(17)7-12(15)13(11)16/h6-7,10H,2-5,8,17H2,1H3. The minimum Gasteiger partial charge on any atom is -0.399 e. The molecule has 6 heteroatoms. The van der Waals surface area contributed by atoms with Crippen molar-refractivity contribution in [3.8, 4) is 0 Å². The molecule has 1 heterocycles. The van der Waals surface area contributed by atoms with E-state index < -0.39 is 0 Å². The molecule has 1 aromatic carbocycles. The average Bonchev–Trinajstić information content (AvgIpc) is 2.43. The molecule has 2 N–H and O–H groups in total. The minimum absolute atomic E-state index is 0.0907. The van der Waals surface area contributed by atoms with Gasteiger partial charge in [0.2, 0.25) is 0 Å². The van der Waals surface area contributed by atoms with Gasteiger partial charge in [0.15, 0.2) is 0 Å². The fourth-order valence-corrected chi connectivity index (χ4v) is 2.73. The molecule has 1 aliphatic rings. The number of anilines is 1. The van der Waals surface area contributed by atoms with E-state index in [1.54, 1.807) is 18.0 Å². The predicted octanol–water partition coefficient (Wildman–Crippen LogP) is 3.22. The van der Waals surface area contributed by atoms with Crippen molar-refractivity contribution in [1.82, 2.24) is 4.90 Å². The fourth-order valence-electron chi connectivity index (χ4n) is 2.31. The Hall–Kier alpha value is -0.970. The number of nitrogens with two attached hydrogens (primary N) is 1. The van der Waals surface area contributed by atoms with E-state index in [2.05, 4.69) is 0 Å². The largest absolute Gasteiger partial charge is 0.399 e. The van der Waals surface area contributed by atoms with E-state index in [0.717, 1.165) is 25.9 Å². The van der Waals surface area contributed by atoms with Crippen molar-refractivity contribution >= 4 is 34.8 Å². The lowest BCUT2D eigenvalue weighted by atomic mass is 10.1. The third-order valence-corrected chi connectivity index (χ3v) is 4.18. The smallest absolute Gasteiger partial charge is 0.255 e. The molecule has 1 saturated heterocycles. The quantitative estimate of drug-likeness (QED) is 0.871. The second-order valence-electron chi connectivity index (χ2n) is 5.04. The highest BCUT2D eigenvalue weighted by Gasteiger charge is 2.22. The summed E-state index contributed by atoms with van der Waals surface area (Å²) in [6.45, 7) is 1.30. The number of hydrogen-bond acceptors (Lipinski definition) is 3. The van der Waals surface area contributed by atoms with Crippen LogP contribution in [0.15, 0.2) is 12.1 Å². The molecule has 1 amide bonds. The number of carbonyl (C=O) groups excluding carboxylic acids is 1. The number of nitrogens with zero attached hydrogens (tertiary/aromatic N) is 1. The van der Waals surface area contributed by atoms with E-state index in [-0.39, 0.29) is 22.1 Å². The Balaban J connectivity index is 2.10. The number of likely N-dealkylation sites (N-methyl/N-ethyl adjacent to an activating group) is 1. The van der Waals surface area contributed by atoms with Gasteiger partial charge in [-0.3, -0.25) is 4.79 Å². The van der Waals surface area contributed by atoms with Crippen molar-refractivity contribution in [1.29, 1.82) is 0 Å². The van der Waals surface area contributed by atoms with Crippen LogP contribution in [0.3, 0.4) is 0 Å². The molecule has 1 aliphatic heterocycles. The van der Waals surface area contributed by atoms with E-state index in [0.29, 0.717) is 17.8 Å². The molecule has 0 saturated carbocycles. The van der Waals surface area contributed by atoms with Crippen LogP contribution in [0.2, 0.25) is 10.0 Å². The molecule has 110 valence electrons. The third kappa shape index (κ3) is 3.57. The number of halogens is 2. The maximum atomic E-state index is 12.4. The van der Waals surface area contributed by atoms with Gasteiger partial charge in [0.25, 0.3) is 5.91 Å². The summed E-state index contributed by atoms with van der Waals surface area (Å²) in [6.07, 6.45) is 3.29. The molecular formula is C14H18Cl2N2O2. The van der Waals surface area contributed by atoms with Crippen LogP contribution in [0.1, 0.15) is 29.6 Å². The van der Waals surface area contributed by atoms with Crippen molar-refractivity contribution in [2.45, 2.75) is 25.4 Å². The summed E-state index contributed by atoms with van der Waals surface area (Å²) < 4.78 is 5.63. The number of ether oxygens (including phenoxy) is 1. The van der Waals surface area contributed by atoms with Crippen molar-refractivity contribution in [2.75, 3.05) is 25.9 Å². The number of hydrogen-bond donors (Lipinski definition) is 1. The number of benzene rings is 1. The average molecular weight is 317 g/mol. The van der Waals surface area contributed by atoms with Gasteiger partial charge in [-0.2, -0.15) is 0 Å². The molecular weight excluding hydrogens is 299 g/mol. The van der Waals surface area contributed by atoms with E-state index in [9.17, 15) is 4.79 Å². The normalized spacial score (nSPS) is 18.9. The summed E-state index contributed by atoms with van der Waals surface area (Å²) in [7, 11) is 1.73. The maximum absolute atomic E-state index is 12.4. The zero-order chi connectivity index (χ0) is 14.7. The van der Waals surface area contributed by atoms with Gasteiger partial charge in [-0.05, 0) is 31.4 Å². The maximum Gasteiger partial charge on any atom is 0.255 e. The van der Waals surface area contributed by atoms with Crippen LogP contribution in [0.5, 0.6) is 0 Å². The Morgan fingerprint density at radius 3 is 2.85 bits per heavy atom. The summed E-state index contributed by atoms with van der Waals surface area (Å²) in [5.41, 5.74) is 6.46. The van der Waals surface area contributed by atoms with Gasteiger partial charge >= 0.3 is 0 Å². The highest BCUT2D eigenvalue weighted by atomic mass is 35.5. The zero-order valence-electron chi connectivity index (χ0n) is 11.4. The summed E-state index contributed by atoms with van der Waals surface area (Å²) in [6, 6.07) is 3.08. The summed E-state index contributed by atoms with van der Waals surface area (Å²) in [5.74, 6) is -0.196. The number of nitrogen functional groups attached to an aromatic ring is 1. The zero-order valence-corrected chi connectivity index (χ0v) is 12.9. The van der Waals surface area contributed by atoms with Crippen LogP contribution >= 0.6 is 23.2 Å². The summed E-state index contributed by atoms with van der Waals surface area (Å²) in [5, 5.41) is 0.527. The van der Waals surface area contributed by atoms with E-state index in [1.165, 1.54) is 6.07 Å². The van der Waals surface area contributed by atoms with Crippen molar-refractivity contribution < 1.29 is 9.53 Å². The fraction of sp³-hybridized carbons (Fsp3) is 0.500. The molecule has 0 aliphatic carbocycles. The lowest BCUT2D eigenvalue weighted by molar-refractivity contribution is -0.000183. The minimum atomic E-state index is -0.196. The monoisotopic (exact) mass is 316 g/mol. The van der Waals surface area contributed by atoms with Crippen LogP contribution in [0, 0.1) is 0 Å². The van der Waals surface area contributed by atoms with Gasteiger partial charge < -0.3 is 15.4 Å². The first-order valence-electron chi connectivity index (χ1n) is 6.60. The first kappa shape index (κ1) is 15.4. The third-order valence-electron chi connectivity index (χ3n) is 3.38. The highest BCUT2D eigenvalue weighted by molar-refractivity contribution is 6.44. The number of rotatable bonds is 3. The first-order chi connectivity index (χ1) is 9.49. The van der Waals surface area contributed by atoms with Crippen LogP contribution < -0.4 is 5.73 Å². The molecule has 0 radical (unpaired) electrons. The van der Waals surface area contributed by atoms with Crippen molar-refractivity contribution in [3.63, 3.8) is 0 Å². The topological polar surface area (TPSA) is 55.6 Å². The van der Waals surface area contributed by atoms with Crippen LogP contribution in [0.25, 0.3) is 0 Å². The lowest BCUT2D eigenvalue weighted by Gasteiger charge is -2.27.